The van der Waals surface area contributed by atoms with Crippen molar-refractivity contribution in [2.24, 2.45) is 7.05 Å². The topological polar surface area (TPSA) is 53.6 Å². The Morgan fingerprint density at radius 1 is 1.65 bits per heavy atom. The maximum atomic E-state index is 9.24. The average molecular weight is 252 g/mol. The molecular weight excluding hydrogens is 232 g/mol. The summed E-state index contributed by atoms with van der Waals surface area (Å²) in [5.74, 6) is 0.709. The molecule has 94 valence electrons. The lowest BCUT2D eigenvalue weighted by atomic mass is 10.1. The van der Waals surface area contributed by atoms with E-state index in [-0.39, 0.29) is 0 Å². The van der Waals surface area contributed by atoms with Crippen molar-refractivity contribution in [3.63, 3.8) is 0 Å². The number of thioether (sulfide) groups is 1. The fraction of sp³-hybridized carbons (Fsp3) is 0.667. The fourth-order valence-corrected chi connectivity index (χ4v) is 2.75. The van der Waals surface area contributed by atoms with Crippen LogP contribution in [0.25, 0.3) is 0 Å². The zero-order chi connectivity index (χ0) is 13.1. The summed E-state index contributed by atoms with van der Waals surface area (Å²) < 4.78 is 1.85. The van der Waals surface area contributed by atoms with Gasteiger partial charge in [-0.1, -0.05) is 0 Å². The Labute approximate surface area is 107 Å². The summed E-state index contributed by atoms with van der Waals surface area (Å²) >= 11 is 1.66. The summed E-state index contributed by atoms with van der Waals surface area (Å²) in [6.45, 7) is 8.01. The van der Waals surface area contributed by atoms with Crippen LogP contribution < -0.4 is 5.32 Å². The molecule has 1 aromatic heterocycles. The molecule has 0 aliphatic rings. The molecule has 1 rings (SSSR count). The normalized spacial score (nSPS) is 14.6. The lowest BCUT2D eigenvalue weighted by molar-refractivity contribution is 0.443. The minimum atomic E-state index is -0.503. The van der Waals surface area contributed by atoms with Gasteiger partial charge in [-0.05, 0) is 33.8 Å². The summed E-state index contributed by atoms with van der Waals surface area (Å²) in [4.78, 5) is 0. The lowest BCUT2D eigenvalue weighted by Gasteiger charge is -2.25. The monoisotopic (exact) mass is 252 g/mol. The summed E-state index contributed by atoms with van der Waals surface area (Å²) in [6, 6.07) is 4.68. The molecule has 0 aliphatic heterocycles. The van der Waals surface area contributed by atoms with Crippen LogP contribution in [0.15, 0.2) is 11.1 Å². The van der Waals surface area contributed by atoms with E-state index in [1.54, 1.807) is 11.8 Å². The number of nitrogens with zero attached hydrogens (tertiary/aromatic N) is 3. The van der Waals surface area contributed by atoms with Crippen LogP contribution in [0.3, 0.4) is 0 Å². The minimum Gasteiger partial charge on any atom is -0.297 e. The Hall–Kier alpha value is -0.990. The summed E-state index contributed by atoms with van der Waals surface area (Å²) in [6.07, 6.45) is 0. The fourth-order valence-electron chi connectivity index (χ4n) is 1.68. The van der Waals surface area contributed by atoms with Gasteiger partial charge in [0.25, 0.3) is 0 Å². The van der Waals surface area contributed by atoms with Gasteiger partial charge in [-0.2, -0.15) is 10.4 Å². The second kappa shape index (κ2) is 5.56. The number of aromatic nitrogens is 2. The molecule has 0 saturated heterocycles. The largest absolute Gasteiger partial charge is 0.297 e. The van der Waals surface area contributed by atoms with Crippen molar-refractivity contribution in [2.45, 2.75) is 44.3 Å². The van der Waals surface area contributed by atoms with Crippen LogP contribution in [0, 0.1) is 18.3 Å². The second-order valence-corrected chi connectivity index (χ2v) is 5.77. The van der Waals surface area contributed by atoms with Gasteiger partial charge < -0.3 is 0 Å². The van der Waals surface area contributed by atoms with Crippen molar-refractivity contribution < 1.29 is 0 Å². The zero-order valence-electron chi connectivity index (χ0n) is 11.1. The van der Waals surface area contributed by atoms with Gasteiger partial charge >= 0.3 is 0 Å². The molecule has 0 radical (unpaired) electrons. The third-order valence-electron chi connectivity index (χ3n) is 2.32. The van der Waals surface area contributed by atoms with Gasteiger partial charge in [0.1, 0.15) is 5.54 Å². The highest BCUT2D eigenvalue weighted by Gasteiger charge is 2.25. The molecular formula is C12H20N4S. The first kappa shape index (κ1) is 14.1. The van der Waals surface area contributed by atoms with Crippen LogP contribution in [0.1, 0.15) is 26.5 Å². The molecule has 0 aliphatic carbocycles. The first-order valence-electron chi connectivity index (χ1n) is 5.69. The van der Waals surface area contributed by atoms with Gasteiger partial charge in [0.05, 0.1) is 16.8 Å². The molecule has 0 spiro atoms. The molecule has 1 heterocycles. The van der Waals surface area contributed by atoms with Crippen LogP contribution in [-0.4, -0.2) is 27.1 Å². The first-order chi connectivity index (χ1) is 7.86. The molecule has 0 amide bonds. The smallest absolute Gasteiger partial charge is 0.113 e. The first-order valence-corrected chi connectivity index (χ1v) is 6.67. The molecule has 4 nitrogen and oxygen atoms in total. The van der Waals surface area contributed by atoms with E-state index in [0.717, 1.165) is 10.7 Å². The molecule has 0 aromatic carbocycles. The van der Waals surface area contributed by atoms with Crippen LogP contribution in [0.2, 0.25) is 0 Å². The van der Waals surface area contributed by atoms with E-state index in [2.05, 4.69) is 30.3 Å². The van der Waals surface area contributed by atoms with Gasteiger partial charge in [-0.15, -0.1) is 11.8 Å². The molecule has 0 fully saturated rings. The van der Waals surface area contributed by atoms with Crippen molar-refractivity contribution in [3.8, 4) is 6.07 Å². The quantitative estimate of drug-likeness (QED) is 0.815. The minimum absolute atomic E-state index is 0.300. The van der Waals surface area contributed by atoms with Gasteiger partial charge in [0.15, 0.2) is 0 Å². The number of rotatable bonds is 5. The van der Waals surface area contributed by atoms with Crippen molar-refractivity contribution in [1.29, 1.82) is 5.26 Å². The maximum absolute atomic E-state index is 9.24. The van der Waals surface area contributed by atoms with Gasteiger partial charge in [0, 0.05) is 18.8 Å². The van der Waals surface area contributed by atoms with E-state index in [4.69, 9.17) is 0 Å². The van der Waals surface area contributed by atoms with Crippen molar-refractivity contribution in [1.82, 2.24) is 15.1 Å². The maximum Gasteiger partial charge on any atom is 0.113 e. The molecule has 17 heavy (non-hydrogen) atoms. The number of nitriles is 1. The second-order valence-electron chi connectivity index (χ2n) is 4.78. The van der Waals surface area contributed by atoms with Gasteiger partial charge in [0.2, 0.25) is 0 Å². The van der Waals surface area contributed by atoms with Crippen molar-refractivity contribution in [3.05, 3.63) is 11.8 Å². The molecule has 0 bridgehead atoms. The van der Waals surface area contributed by atoms with E-state index in [0.29, 0.717) is 11.8 Å². The van der Waals surface area contributed by atoms with Crippen LogP contribution in [-0.2, 0) is 7.05 Å². The highest BCUT2D eigenvalue weighted by Crippen LogP contribution is 2.23. The van der Waals surface area contributed by atoms with Gasteiger partial charge in [-0.25, -0.2) is 0 Å². The predicted molar refractivity (Wildman–Crippen MR) is 71.0 cm³/mol. The third kappa shape index (κ3) is 4.06. The number of hydrogen-bond donors (Lipinski definition) is 1. The Balaban J connectivity index is 2.65. The van der Waals surface area contributed by atoms with Crippen LogP contribution in [0.5, 0.6) is 0 Å². The van der Waals surface area contributed by atoms with Gasteiger partial charge in [-0.3, -0.25) is 10.00 Å². The van der Waals surface area contributed by atoms with E-state index in [9.17, 15) is 5.26 Å². The standard InChI is InChI=1S/C12H20N4S/c1-9(2)14-12(4,7-13)8-17-11-6-10(3)15-16(11)5/h6,9,14H,8H2,1-5H3. The lowest BCUT2D eigenvalue weighted by Crippen LogP contribution is -2.47. The zero-order valence-corrected chi connectivity index (χ0v) is 11.9. The SMILES string of the molecule is Cc1cc(SCC(C)(C#N)NC(C)C)n(C)n1. The highest BCUT2D eigenvalue weighted by atomic mass is 32.2. The van der Waals surface area contributed by atoms with E-state index < -0.39 is 5.54 Å². The average Bonchev–Trinajstić information content (AvgIpc) is 2.53. The summed E-state index contributed by atoms with van der Waals surface area (Å²) in [5.41, 5.74) is 0.502. The molecule has 0 saturated carbocycles. The van der Waals surface area contributed by atoms with E-state index in [1.165, 1.54) is 0 Å². The molecule has 1 unspecified atom stereocenters. The molecule has 1 atom stereocenters. The Morgan fingerprint density at radius 3 is 2.71 bits per heavy atom. The van der Waals surface area contributed by atoms with Crippen LogP contribution in [0.4, 0.5) is 0 Å². The van der Waals surface area contributed by atoms with E-state index >= 15 is 0 Å². The highest BCUT2D eigenvalue weighted by molar-refractivity contribution is 7.99. The van der Waals surface area contributed by atoms with Crippen molar-refractivity contribution in [2.75, 3.05) is 5.75 Å². The Kier molecular flexibility index (Phi) is 4.61. The molecule has 5 heteroatoms. The molecule has 1 N–H and O–H groups in total. The Morgan fingerprint density at radius 2 is 2.29 bits per heavy atom. The van der Waals surface area contributed by atoms with Crippen molar-refractivity contribution >= 4 is 11.8 Å². The summed E-state index contributed by atoms with van der Waals surface area (Å²) in [5, 5.41) is 17.9. The predicted octanol–water partition coefficient (Wildman–Crippen LogP) is 2.10. The number of hydrogen-bond acceptors (Lipinski definition) is 4. The summed E-state index contributed by atoms with van der Waals surface area (Å²) in [7, 11) is 1.93. The third-order valence-corrected chi connectivity index (χ3v) is 3.72. The van der Waals surface area contributed by atoms with E-state index in [1.807, 2.05) is 31.6 Å². The number of aryl methyl sites for hydroxylation is 2. The number of nitrogens with one attached hydrogen (secondary N) is 1. The van der Waals surface area contributed by atoms with Crippen LogP contribution >= 0.6 is 11.8 Å². The Bertz CT molecular complexity index is 419. The molecule has 1 aromatic rings.